The monoisotopic (exact) mass is 309 g/mol. The van der Waals surface area contributed by atoms with Crippen LogP contribution in [-0.2, 0) is 6.54 Å². The molecule has 0 radical (unpaired) electrons. The van der Waals surface area contributed by atoms with Crippen LogP contribution in [-0.4, -0.2) is 16.0 Å². The summed E-state index contributed by atoms with van der Waals surface area (Å²) in [6.07, 6.45) is 0. The van der Waals surface area contributed by atoms with Gasteiger partial charge in [-0.2, -0.15) is 4.98 Å². The lowest BCUT2D eigenvalue weighted by molar-refractivity contribution is 0.0949. The van der Waals surface area contributed by atoms with Crippen LogP contribution in [0.2, 0.25) is 0 Å². The maximum Gasteiger partial charge on any atom is 0.251 e. The third-order valence-corrected chi connectivity index (χ3v) is 2.74. The highest BCUT2D eigenvalue weighted by molar-refractivity contribution is 9.10. The van der Waals surface area contributed by atoms with E-state index in [4.69, 9.17) is 4.52 Å². The summed E-state index contributed by atoms with van der Waals surface area (Å²) in [7, 11) is 0. The highest BCUT2D eigenvalue weighted by atomic mass is 79.9. The second-order valence-corrected chi connectivity index (χ2v) is 4.85. The van der Waals surface area contributed by atoms with Crippen molar-refractivity contribution in [2.75, 3.05) is 0 Å². The molecule has 1 aromatic carbocycles. The average Bonchev–Trinajstić information content (AvgIpc) is 2.70. The molecule has 0 unspecified atom stereocenters. The van der Waals surface area contributed by atoms with Gasteiger partial charge in [0.2, 0.25) is 5.89 Å². The Morgan fingerprint density at radius 1 is 1.39 bits per heavy atom. The van der Waals surface area contributed by atoms with Gasteiger partial charge in [0.1, 0.15) is 0 Å². The molecule has 0 aliphatic heterocycles. The molecule has 6 heteroatoms. The van der Waals surface area contributed by atoms with Crippen molar-refractivity contribution >= 4 is 21.8 Å². The first-order valence-electron chi connectivity index (χ1n) is 5.39. The smallest absolute Gasteiger partial charge is 0.251 e. The lowest BCUT2D eigenvalue weighted by atomic mass is 10.1. The number of nitrogens with one attached hydrogen (secondary N) is 1. The third-order valence-electron chi connectivity index (χ3n) is 2.28. The van der Waals surface area contributed by atoms with Crippen molar-refractivity contribution in [3.8, 4) is 0 Å². The van der Waals surface area contributed by atoms with Gasteiger partial charge >= 0.3 is 0 Å². The second-order valence-electron chi connectivity index (χ2n) is 3.93. The summed E-state index contributed by atoms with van der Waals surface area (Å²) in [4.78, 5) is 15.9. The molecule has 1 heterocycles. The van der Waals surface area contributed by atoms with E-state index >= 15 is 0 Å². The van der Waals surface area contributed by atoms with Crippen molar-refractivity contribution in [2.45, 2.75) is 20.4 Å². The number of aryl methyl sites for hydroxylation is 2. The molecule has 2 rings (SSSR count). The Hall–Kier alpha value is -1.69. The Kier molecular flexibility index (Phi) is 3.76. The van der Waals surface area contributed by atoms with Crippen molar-refractivity contribution < 1.29 is 9.32 Å². The highest BCUT2D eigenvalue weighted by Crippen LogP contribution is 2.15. The van der Waals surface area contributed by atoms with Gasteiger partial charge in [-0.3, -0.25) is 4.79 Å². The number of aromatic nitrogens is 2. The average molecular weight is 310 g/mol. The van der Waals surface area contributed by atoms with Gasteiger partial charge < -0.3 is 9.84 Å². The molecule has 0 atom stereocenters. The van der Waals surface area contributed by atoms with E-state index in [0.717, 1.165) is 10.0 Å². The highest BCUT2D eigenvalue weighted by Gasteiger charge is 2.09. The lowest BCUT2D eigenvalue weighted by Crippen LogP contribution is -2.23. The first-order valence-corrected chi connectivity index (χ1v) is 6.18. The largest absolute Gasteiger partial charge is 0.345 e. The van der Waals surface area contributed by atoms with E-state index in [9.17, 15) is 4.79 Å². The minimum atomic E-state index is -0.165. The molecule has 0 saturated heterocycles. The second kappa shape index (κ2) is 5.30. The number of amides is 1. The fourth-order valence-electron chi connectivity index (χ4n) is 1.54. The van der Waals surface area contributed by atoms with E-state index < -0.39 is 0 Å². The van der Waals surface area contributed by atoms with Crippen LogP contribution in [0.3, 0.4) is 0 Å². The molecule has 0 bridgehead atoms. The molecule has 0 aliphatic rings. The summed E-state index contributed by atoms with van der Waals surface area (Å²) in [5, 5.41) is 6.44. The summed E-state index contributed by atoms with van der Waals surface area (Å²) < 4.78 is 5.70. The normalized spacial score (nSPS) is 10.4. The molecule has 18 heavy (non-hydrogen) atoms. The molecule has 1 aromatic heterocycles. The Bertz CT molecular complexity index is 560. The molecule has 0 saturated carbocycles. The van der Waals surface area contributed by atoms with Gasteiger partial charge in [-0.25, -0.2) is 0 Å². The van der Waals surface area contributed by atoms with E-state index in [0.29, 0.717) is 17.3 Å². The first kappa shape index (κ1) is 12.8. The standard InChI is InChI=1S/C12H12BrN3O2/c1-7-3-9(5-10(13)4-7)12(17)14-6-11-15-8(2)18-16-11/h3-5H,6H2,1-2H3,(H,14,17). The number of carbonyl (C=O) groups is 1. The van der Waals surface area contributed by atoms with Gasteiger partial charge in [0, 0.05) is 17.0 Å². The van der Waals surface area contributed by atoms with Crippen LogP contribution in [0.25, 0.3) is 0 Å². The molecule has 0 fully saturated rings. The molecule has 0 aliphatic carbocycles. The van der Waals surface area contributed by atoms with E-state index in [1.165, 1.54) is 0 Å². The van der Waals surface area contributed by atoms with Gasteiger partial charge in [-0.1, -0.05) is 21.1 Å². The van der Waals surface area contributed by atoms with Crippen molar-refractivity contribution in [3.05, 3.63) is 45.5 Å². The topological polar surface area (TPSA) is 68.0 Å². The number of rotatable bonds is 3. The van der Waals surface area contributed by atoms with Crippen molar-refractivity contribution in [3.63, 3.8) is 0 Å². The molecular formula is C12H12BrN3O2. The van der Waals surface area contributed by atoms with Crippen molar-refractivity contribution in [2.24, 2.45) is 0 Å². The molecule has 1 N–H and O–H groups in total. The zero-order valence-electron chi connectivity index (χ0n) is 10.0. The Labute approximate surface area is 113 Å². The Morgan fingerprint density at radius 3 is 2.78 bits per heavy atom. The van der Waals surface area contributed by atoms with Gasteiger partial charge in [0.15, 0.2) is 5.82 Å². The van der Waals surface area contributed by atoms with E-state index in [-0.39, 0.29) is 12.5 Å². The number of carbonyl (C=O) groups excluding carboxylic acids is 1. The Balaban J connectivity index is 2.03. The van der Waals surface area contributed by atoms with Crippen LogP contribution < -0.4 is 5.32 Å². The minimum Gasteiger partial charge on any atom is -0.345 e. The maximum absolute atomic E-state index is 11.9. The van der Waals surface area contributed by atoms with Gasteiger partial charge in [-0.15, -0.1) is 0 Å². The predicted octanol–water partition coefficient (Wildman–Crippen LogP) is 2.38. The molecule has 94 valence electrons. The lowest BCUT2D eigenvalue weighted by Gasteiger charge is -2.04. The first-order chi connectivity index (χ1) is 8.54. The summed E-state index contributed by atoms with van der Waals surface area (Å²) in [6, 6.07) is 5.53. The number of halogens is 1. The summed E-state index contributed by atoms with van der Waals surface area (Å²) >= 11 is 3.36. The van der Waals surface area contributed by atoms with Crippen LogP contribution in [0.5, 0.6) is 0 Å². The Morgan fingerprint density at radius 2 is 2.17 bits per heavy atom. The number of benzene rings is 1. The van der Waals surface area contributed by atoms with E-state index in [1.807, 2.05) is 19.1 Å². The van der Waals surface area contributed by atoms with Crippen molar-refractivity contribution in [1.29, 1.82) is 0 Å². The predicted molar refractivity (Wildman–Crippen MR) is 69.1 cm³/mol. The molecule has 5 nitrogen and oxygen atoms in total. The van der Waals surface area contributed by atoms with E-state index in [1.54, 1.807) is 13.0 Å². The van der Waals surface area contributed by atoms with Crippen LogP contribution in [0.15, 0.2) is 27.2 Å². The number of hydrogen-bond donors (Lipinski definition) is 1. The van der Waals surface area contributed by atoms with Crippen LogP contribution in [0.1, 0.15) is 27.6 Å². The zero-order chi connectivity index (χ0) is 13.1. The zero-order valence-corrected chi connectivity index (χ0v) is 11.6. The summed E-state index contributed by atoms with van der Waals surface area (Å²) in [5.74, 6) is 0.784. The molecule has 0 spiro atoms. The van der Waals surface area contributed by atoms with E-state index in [2.05, 4.69) is 31.4 Å². The fraction of sp³-hybridized carbons (Fsp3) is 0.250. The molecule has 1 amide bonds. The molecule has 2 aromatic rings. The quantitative estimate of drug-likeness (QED) is 0.945. The number of hydrogen-bond acceptors (Lipinski definition) is 4. The van der Waals surface area contributed by atoms with Crippen molar-refractivity contribution in [1.82, 2.24) is 15.5 Å². The van der Waals surface area contributed by atoms with Gasteiger partial charge in [-0.05, 0) is 30.7 Å². The van der Waals surface area contributed by atoms with Crippen LogP contribution >= 0.6 is 15.9 Å². The minimum absolute atomic E-state index is 0.165. The third kappa shape index (κ3) is 3.16. The van der Waals surface area contributed by atoms with Crippen LogP contribution in [0, 0.1) is 13.8 Å². The SMILES string of the molecule is Cc1cc(Br)cc(C(=O)NCc2noc(C)n2)c1. The number of nitrogens with zero attached hydrogens (tertiary/aromatic N) is 2. The van der Waals surface area contributed by atoms with Crippen LogP contribution in [0.4, 0.5) is 0 Å². The van der Waals surface area contributed by atoms with Gasteiger partial charge in [0.25, 0.3) is 5.91 Å². The summed E-state index contributed by atoms with van der Waals surface area (Å²) in [6.45, 7) is 3.89. The summed E-state index contributed by atoms with van der Waals surface area (Å²) in [5.41, 5.74) is 1.62. The maximum atomic E-state index is 11.9. The van der Waals surface area contributed by atoms with Gasteiger partial charge in [0.05, 0.1) is 6.54 Å². The molecular weight excluding hydrogens is 298 g/mol. The fourth-order valence-corrected chi connectivity index (χ4v) is 2.15.